The van der Waals surface area contributed by atoms with Gasteiger partial charge in [0.05, 0.1) is 0 Å². The largest absolute Gasteiger partial charge is 0.619 e. The van der Waals surface area contributed by atoms with Gasteiger partial charge in [-0.2, -0.15) is 4.73 Å². The van der Waals surface area contributed by atoms with Crippen LogP contribution >= 0.6 is 0 Å². The molecule has 2 rings (SSSR count). The van der Waals surface area contributed by atoms with Gasteiger partial charge in [-0.15, -0.1) is 0 Å². The highest BCUT2D eigenvalue weighted by Gasteiger charge is 2.21. The summed E-state index contributed by atoms with van der Waals surface area (Å²) in [6.07, 6.45) is 2.52. The second-order valence-electron chi connectivity index (χ2n) is 5.59. The molecule has 0 unspecified atom stereocenters. The number of pyridine rings is 1. The smallest absolute Gasteiger partial charge is 0.349 e. The van der Waals surface area contributed by atoms with Crippen molar-refractivity contribution in [3.05, 3.63) is 65.1 Å². The van der Waals surface area contributed by atoms with E-state index in [4.69, 9.17) is 4.74 Å². The fraction of sp³-hybridized carbons (Fsp3) is 0.250. The van der Waals surface area contributed by atoms with Crippen LogP contribution in [0.25, 0.3) is 0 Å². The molecular formula is C16H17NO3. The van der Waals surface area contributed by atoms with Crippen LogP contribution in [0.2, 0.25) is 0 Å². The lowest BCUT2D eigenvalue weighted by Crippen LogP contribution is -2.27. The summed E-state index contributed by atoms with van der Waals surface area (Å²) in [6.45, 7) is 6.15. The zero-order chi connectivity index (χ0) is 14.8. The maximum atomic E-state index is 12.1. The minimum atomic E-state index is -0.535. The molecule has 0 aliphatic rings. The maximum Gasteiger partial charge on any atom is 0.349 e. The number of carbonyl (C=O) groups is 1. The highest BCUT2D eigenvalue weighted by molar-refractivity contribution is 5.90. The van der Waals surface area contributed by atoms with Gasteiger partial charge in [-0.05, 0) is 17.5 Å². The fourth-order valence-electron chi connectivity index (χ4n) is 1.91. The zero-order valence-corrected chi connectivity index (χ0v) is 11.8. The molecule has 0 saturated heterocycles. The number of nitrogens with zero attached hydrogens (tertiary/aromatic N) is 1. The number of hydrogen-bond donors (Lipinski definition) is 0. The predicted molar refractivity (Wildman–Crippen MR) is 75.5 cm³/mol. The van der Waals surface area contributed by atoms with Crippen LogP contribution in [0.4, 0.5) is 0 Å². The lowest BCUT2D eigenvalue weighted by atomic mass is 9.86. The van der Waals surface area contributed by atoms with Crippen molar-refractivity contribution in [2.45, 2.75) is 26.2 Å². The Kier molecular flexibility index (Phi) is 3.74. The van der Waals surface area contributed by atoms with Crippen molar-refractivity contribution < 1.29 is 14.3 Å². The Morgan fingerprint density at radius 2 is 1.85 bits per heavy atom. The van der Waals surface area contributed by atoms with Gasteiger partial charge in [-0.25, -0.2) is 4.79 Å². The number of carbonyl (C=O) groups excluding carboxylic acids is 1. The number of esters is 1. The summed E-state index contributed by atoms with van der Waals surface area (Å²) in [5.74, 6) is -0.0156. The standard InChI is InChI=1S/C16H17NO3/c1-16(2,3)13-8-4-5-9-14(13)20-15(18)12-7-6-10-17(19)11-12/h4-11H,1-3H3. The zero-order valence-electron chi connectivity index (χ0n) is 11.8. The van der Waals surface area contributed by atoms with Crippen LogP contribution in [0, 0.1) is 5.21 Å². The van der Waals surface area contributed by atoms with E-state index in [1.54, 1.807) is 12.1 Å². The molecule has 0 atom stereocenters. The van der Waals surface area contributed by atoms with E-state index in [2.05, 4.69) is 0 Å². The van der Waals surface area contributed by atoms with Crippen molar-refractivity contribution in [2.75, 3.05) is 0 Å². The average Bonchev–Trinajstić information content (AvgIpc) is 2.38. The Morgan fingerprint density at radius 3 is 2.50 bits per heavy atom. The Bertz CT molecular complexity index is 630. The third kappa shape index (κ3) is 3.15. The summed E-state index contributed by atoms with van der Waals surface area (Å²) in [6, 6.07) is 10.5. The first kappa shape index (κ1) is 14.1. The second-order valence-corrected chi connectivity index (χ2v) is 5.59. The number of para-hydroxylation sites is 1. The first-order valence-electron chi connectivity index (χ1n) is 6.38. The number of aromatic nitrogens is 1. The molecule has 0 saturated carbocycles. The highest BCUT2D eigenvalue weighted by atomic mass is 16.5. The molecule has 1 aromatic heterocycles. The molecule has 0 fully saturated rings. The topological polar surface area (TPSA) is 53.2 Å². The second kappa shape index (κ2) is 5.33. The van der Waals surface area contributed by atoms with Crippen LogP contribution in [0.1, 0.15) is 36.7 Å². The number of hydrogen-bond acceptors (Lipinski definition) is 3. The van der Waals surface area contributed by atoms with Gasteiger partial charge < -0.3 is 9.94 Å². The molecule has 20 heavy (non-hydrogen) atoms. The van der Waals surface area contributed by atoms with Gasteiger partial charge in [0, 0.05) is 11.6 Å². The van der Waals surface area contributed by atoms with E-state index < -0.39 is 5.97 Å². The van der Waals surface area contributed by atoms with Gasteiger partial charge >= 0.3 is 5.97 Å². The molecule has 0 aliphatic heterocycles. The normalized spacial score (nSPS) is 11.2. The third-order valence-corrected chi connectivity index (χ3v) is 2.91. The molecule has 1 heterocycles. The average molecular weight is 271 g/mol. The van der Waals surface area contributed by atoms with Crippen LogP contribution in [0.5, 0.6) is 5.75 Å². The minimum absolute atomic E-state index is 0.133. The Hall–Kier alpha value is -2.36. The molecule has 4 heteroatoms. The van der Waals surface area contributed by atoms with Crippen molar-refractivity contribution >= 4 is 5.97 Å². The SMILES string of the molecule is CC(C)(C)c1ccccc1OC(=O)c1ccc[n+]([O-])c1. The van der Waals surface area contributed by atoms with Gasteiger partial charge in [-0.1, -0.05) is 39.0 Å². The number of rotatable bonds is 2. The first-order chi connectivity index (χ1) is 9.38. The molecule has 2 aromatic rings. The van der Waals surface area contributed by atoms with E-state index in [9.17, 15) is 10.0 Å². The van der Waals surface area contributed by atoms with Crippen LogP contribution in [0.15, 0.2) is 48.8 Å². The van der Waals surface area contributed by atoms with Crippen LogP contribution in [-0.4, -0.2) is 5.97 Å². The lowest BCUT2D eigenvalue weighted by molar-refractivity contribution is -0.605. The van der Waals surface area contributed by atoms with E-state index in [1.165, 1.54) is 18.5 Å². The van der Waals surface area contributed by atoms with Crippen LogP contribution in [0.3, 0.4) is 0 Å². The molecular weight excluding hydrogens is 254 g/mol. The first-order valence-corrected chi connectivity index (χ1v) is 6.38. The monoisotopic (exact) mass is 271 g/mol. The molecule has 0 amide bonds. The Balaban J connectivity index is 2.29. The lowest BCUT2D eigenvalue weighted by Gasteiger charge is -2.21. The molecule has 4 nitrogen and oxygen atoms in total. The number of ether oxygens (including phenoxy) is 1. The van der Waals surface area contributed by atoms with Gasteiger partial charge in [-0.3, -0.25) is 0 Å². The van der Waals surface area contributed by atoms with Crippen molar-refractivity contribution in [1.82, 2.24) is 0 Å². The van der Waals surface area contributed by atoms with E-state index in [0.717, 1.165) is 5.56 Å². The van der Waals surface area contributed by atoms with Crippen molar-refractivity contribution in [2.24, 2.45) is 0 Å². The van der Waals surface area contributed by atoms with Gasteiger partial charge in [0.1, 0.15) is 11.3 Å². The van der Waals surface area contributed by atoms with Gasteiger partial charge in [0.2, 0.25) is 0 Å². The molecule has 0 bridgehead atoms. The molecule has 104 valence electrons. The highest BCUT2D eigenvalue weighted by Crippen LogP contribution is 2.31. The summed E-state index contributed by atoms with van der Waals surface area (Å²) < 4.78 is 6.00. The van der Waals surface area contributed by atoms with Crippen LogP contribution in [-0.2, 0) is 5.41 Å². The van der Waals surface area contributed by atoms with E-state index in [0.29, 0.717) is 10.5 Å². The summed E-state index contributed by atoms with van der Waals surface area (Å²) >= 11 is 0. The predicted octanol–water partition coefficient (Wildman–Crippen LogP) is 2.84. The van der Waals surface area contributed by atoms with Gasteiger partial charge in [0.25, 0.3) is 0 Å². The summed E-state index contributed by atoms with van der Waals surface area (Å²) in [7, 11) is 0. The van der Waals surface area contributed by atoms with Crippen LogP contribution < -0.4 is 9.47 Å². The summed E-state index contributed by atoms with van der Waals surface area (Å²) in [4.78, 5) is 12.1. The molecule has 0 N–H and O–H groups in total. The van der Waals surface area contributed by atoms with Gasteiger partial charge in [0.15, 0.2) is 12.4 Å². The Morgan fingerprint density at radius 1 is 1.15 bits per heavy atom. The Labute approximate surface area is 118 Å². The van der Waals surface area contributed by atoms with Crippen molar-refractivity contribution in [1.29, 1.82) is 0 Å². The fourth-order valence-corrected chi connectivity index (χ4v) is 1.91. The molecule has 0 spiro atoms. The minimum Gasteiger partial charge on any atom is -0.619 e. The van der Waals surface area contributed by atoms with E-state index in [1.807, 2.05) is 39.0 Å². The van der Waals surface area contributed by atoms with E-state index in [-0.39, 0.29) is 11.0 Å². The number of benzene rings is 1. The molecule has 1 aromatic carbocycles. The summed E-state index contributed by atoms with van der Waals surface area (Å²) in [5, 5.41) is 11.2. The quantitative estimate of drug-likeness (QED) is 0.365. The van der Waals surface area contributed by atoms with Crippen molar-refractivity contribution in [3.8, 4) is 5.75 Å². The van der Waals surface area contributed by atoms with Crippen molar-refractivity contribution in [3.63, 3.8) is 0 Å². The molecule has 0 aliphatic carbocycles. The molecule has 0 radical (unpaired) electrons. The summed E-state index contributed by atoms with van der Waals surface area (Å²) in [5.41, 5.74) is 1.04. The maximum absolute atomic E-state index is 12.1. The third-order valence-electron chi connectivity index (χ3n) is 2.91. The van der Waals surface area contributed by atoms with E-state index >= 15 is 0 Å².